The van der Waals surface area contributed by atoms with Gasteiger partial charge in [0.2, 0.25) is 0 Å². The zero-order valence-corrected chi connectivity index (χ0v) is 7.01. The Morgan fingerprint density at radius 1 is 1.60 bits per heavy atom. The molecule has 4 nitrogen and oxygen atoms in total. The van der Waals surface area contributed by atoms with Gasteiger partial charge in [0.05, 0.1) is 0 Å². The summed E-state index contributed by atoms with van der Waals surface area (Å²) in [7, 11) is 5.76. The summed E-state index contributed by atoms with van der Waals surface area (Å²) in [5, 5.41) is 9.60. The van der Waals surface area contributed by atoms with Gasteiger partial charge in [-0.2, -0.15) is 0 Å². The highest BCUT2D eigenvalue weighted by Crippen LogP contribution is 1.67. The van der Waals surface area contributed by atoms with Crippen LogP contribution in [0.25, 0.3) is 0 Å². The van der Waals surface area contributed by atoms with Crippen molar-refractivity contribution in [3.63, 3.8) is 0 Å². The van der Waals surface area contributed by atoms with Gasteiger partial charge in [-0.15, -0.1) is 0 Å². The van der Waals surface area contributed by atoms with E-state index in [0.29, 0.717) is 0 Å². The number of aliphatic carboxylic acids is 1. The summed E-state index contributed by atoms with van der Waals surface area (Å²) in [5.41, 5.74) is 2.86. The van der Waals surface area contributed by atoms with E-state index < -0.39 is 5.97 Å². The van der Waals surface area contributed by atoms with E-state index >= 15 is 0 Å². The van der Waals surface area contributed by atoms with Crippen LogP contribution in [-0.4, -0.2) is 37.2 Å². The summed E-state index contributed by atoms with van der Waals surface area (Å²) in [4.78, 5) is 9.37. The summed E-state index contributed by atoms with van der Waals surface area (Å²) in [6.07, 6.45) is 0.222. The average Bonchev–Trinajstić information content (AvgIpc) is 1.89. The van der Waals surface area contributed by atoms with E-state index in [1.807, 2.05) is 26.2 Å². The summed E-state index contributed by atoms with van der Waals surface area (Å²) in [6, 6.07) is 0. The molecule has 0 aliphatic rings. The standard InChI is InChI=1S/C3H10N2.C3H6O2/c1-4-5(2)3;1-2-3(4)5/h4H,1-3H3;2H2,1H3,(H,4,5). The van der Waals surface area contributed by atoms with E-state index in [1.165, 1.54) is 0 Å². The maximum atomic E-state index is 9.37. The van der Waals surface area contributed by atoms with Crippen molar-refractivity contribution in [2.24, 2.45) is 0 Å². The van der Waals surface area contributed by atoms with Crippen molar-refractivity contribution in [2.75, 3.05) is 21.1 Å². The summed E-state index contributed by atoms with van der Waals surface area (Å²) in [6.45, 7) is 1.60. The van der Waals surface area contributed by atoms with Crippen LogP contribution in [0.4, 0.5) is 0 Å². The third kappa shape index (κ3) is 26.3. The molecule has 0 rings (SSSR count). The van der Waals surface area contributed by atoms with Crippen LogP contribution in [0.15, 0.2) is 0 Å². The van der Waals surface area contributed by atoms with Crippen LogP contribution in [-0.2, 0) is 4.79 Å². The quantitative estimate of drug-likeness (QED) is 0.548. The van der Waals surface area contributed by atoms with Crippen LogP contribution in [0.2, 0.25) is 0 Å². The second-order valence-electron chi connectivity index (χ2n) is 1.87. The molecule has 10 heavy (non-hydrogen) atoms. The predicted octanol–water partition coefficient (Wildman–Crippen LogP) is 0.163. The fourth-order valence-electron chi connectivity index (χ4n) is 0. The second-order valence-corrected chi connectivity index (χ2v) is 1.87. The van der Waals surface area contributed by atoms with Crippen molar-refractivity contribution in [1.82, 2.24) is 10.4 Å². The molecule has 0 spiro atoms. The number of carboxylic acids is 1. The summed E-state index contributed by atoms with van der Waals surface area (Å²) in [5.74, 6) is -0.745. The molecule has 0 saturated carbocycles. The molecule has 0 amide bonds. The zero-order chi connectivity index (χ0) is 8.57. The largest absolute Gasteiger partial charge is 0.481 e. The first kappa shape index (κ1) is 12.1. The Morgan fingerprint density at radius 2 is 1.80 bits per heavy atom. The third-order valence-corrected chi connectivity index (χ3v) is 0.750. The summed E-state index contributed by atoms with van der Waals surface area (Å²) >= 11 is 0. The highest BCUT2D eigenvalue weighted by atomic mass is 16.4. The van der Waals surface area contributed by atoms with Crippen molar-refractivity contribution < 1.29 is 9.90 Å². The number of carbonyl (C=O) groups is 1. The average molecular weight is 148 g/mol. The van der Waals surface area contributed by atoms with Gasteiger partial charge in [0, 0.05) is 20.5 Å². The van der Waals surface area contributed by atoms with Crippen molar-refractivity contribution in [2.45, 2.75) is 13.3 Å². The van der Waals surface area contributed by atoms with E-state index in [4.69, 9.17) is 5.11 Å². The van der Waals surface area contributed by atoms with Gasteiger partial charge in [0.15, 0.2) is 0 Å². The molecule has 0 atom stereocenters. The van der Waals surface area contributed by atoms with Gasteiger partial charge in [-0.3, -0.25) is 15.2 Å². The molecule has 0 saturated heterocycles. The maximum absolute atomic E-state index is 9.37. The normalized spacial score (nSPS) is 8.50. The Morgan fingerprint density at radius 3 is 1.80 bits per heavy atom. The smallest absolute Gasteiger partial charge is 0.303 e. The van der Waals surface area contributed by atoms with Crippen molar-refractivity contribution >= 4 is 5.97 Å². The molecule has 0 fully saturated rings. The van der Waals surface area contributed by atoms with Crippen LogP contribution in [0, 0.1) is 0 Å². The zero-order valence-electron chi connectivity index (χ0n) is 7.01. The Kier molecular flexibility index (Phi) is 10.2. The van der Waals surface area contributed by atoms with Gasteiger partial charge < -0.3 is 5.11 Å². The van der Waals surface area contributed by atoms with E-state index in [2.05, 4.69) is 5.43 Å². The number of hydrazine groups is 1. The highest BCUT2D eigenvalue weighted by molar-refractivity contribution is 5.66. The van der Waals surface area contributed by atoms with Crippen LogP contribution in [0.3, 0.4) is 0 Å². The van der Waals surface area contributed by atoms with Gasteiger partial charge in [0.25, 0.3) is 0 Å². The highest BCUT2D eigenvalue weighted by Gasteiger charge is 1.80. The molecular formula is C6H16N2O2. The molecule has 0 bridgehead atoms. The Bertz CT molecular complexity index is 83.8. The number of rotatable bonds is 2. The number of nitrogens with one attached hydrogen (secondary N) is 1. The number of nitrogens with zero attached hydrogens (tertiary/aromatic N) is 1. The number of hydrogen-bond acceptors (Lipinski definition) is 3. The van der Waals surface area contributed by atoms with Crippen molar-refractivity contribution in [3.8, 4) is 0 Å². The van der Waals surface area contributed by atoms with E-state index in [9.17, 15) is 4.79 Å². The fourth-order valence-corrected chi connectivity index (χ4v) is 0. The van der Waals surface area contributed by atoms with Crippen molar-refractivity contribution in [1.29, 1.82) is 0 Å². The van der Waals surface area contributed by atoms with E-state index in [1.54, 1.807) is 6.92 Å². The lowest BCUT2D eigenvalue weighted by atomic mass is 10.5. The number of carboxylic acid groups (broad SMARTS) is 1. The lowest BCUT2D eigenvalue weighted by Gasteiger charge is -2.02. The van der Waals surface area contributed by atoms with Crippen LogP contribution < -0.4 is 5.43 Å². The molecule has 2 N–H and O–H groups in total. The molecule has 62 valence electrons. The van der Waals surface area contributed by atoms with Gasteiger partial charge in [-0.1, -0.05) is 6.92 Å². The molecule has 0 aromatic carbocycles. The Hall–Kier alpha value is -0.610. The first-order chi connectivity index (χ1) is 4.54. The number of hydrogen-bond donors (Lipinski definition) is 2. The Labute approximate surface area is 61.8 Å². The van der Waals surface area contributed by atoms with Crippen LogP contribution in [0.1, 0.15) is 13.3 Å². The Balaban J connectivity index is 0. The summed E-state index contributed by atoms with van der Waals surface area (Å²) < 4.78 is 0. The minimum atomic E-state index is -0.745. The third-order valence-electron chi connectivity index (χ3n) is 0.750. The lowest BCUT2D eigenvalue weighted by molar-refractivity contribution is -0.136. The molecule has 0 aromatic heterocycles. The van der Waals surface area contributed by atoms with Gasteiger partial charge in [-0.05, 0) is 7.05 Å². The molecule has 0 aliphatic carbocycles. The maximum Gasteiger partial charge on any atom is 0.303 e. The minimum Gasteiger partial charge on any atom is -0.481 e. The first-order valence-electron chi connectivity index (χ1n) is 3.11. The topological polar surface area (TPSA) is 52.6 Å². The molecule has 4 heteroatoms. The molecule has 0 aromatic rings. The SMILES string of the molecule is CCC(=O)O.CNN(C)C. The van der Waals surface area contributed by atoms with Gasteiger partial charge >= 0.3 is 5.97 Å². The second kappa shape index (κ2) is 8.39. The first-order valence-corrected chi connectivity index (χ1v) is 3.11. The van der Waals surface area contributed by atoms with E-state index in [0.717, 1.165) is 0 Å². The van der Waals surface area contributed by atoms with Crippen molar-refractivity contribution in [3.05, 3.63) is 0 Å². The van der Waals surface area contributed by atoms with Gasteiger partial charge in [-0.25, -0.2) is 0 Å². The molecule has 0 unspecified atom stereocenters. The molecular weight excluding hydrogens is 132 g/mol. The predicted molar refractivity (Wildman–Crippen MR) is 40.7 cm³/mol. The lowest BCUT2D eigenvalue weighted by Crippen LogP contribution is -2.25. The fraction of sp³-hybridized carbons (Fsp3) is 0.833. The van der Waals surface area contributed by atoms with Gasteiger partial charge in [0.1, 0.15) is 0 Å². The van der Waals surface area contributed by atoms with Crippen LogP contribution >= 0.6 is 0 Å². The van der Waals surface area contributed by atoms with Crippen LogP contribution in [0.5, 0.6) is 0 Å². The molecule has 0 aliphatic heterocycles. The molecule has 0 radical (unpaired) electrons. The monoisotopic (exact) mass is 148 g/mol. The van der Waals surface area contributed by atoms with E-state index in [-0.39, 0.29) is 6.42 Å². The minimum absolute atomic E-state index is 0.222. The molecule has 0 heterocycles.